The Hall–Kier alpha value is -2.96. The van der Waals surface area contributed by atoms with Gasteiger partial charge >= 0.3 is 5.97 Å². The maximum absolute atomic E-state index is 10.5. The maximum Gasteiger partial charge on any atom is 0.303 e. The lowest BCUT2D eigenvalue weighted by atomic mass is 10.1. The van der Waals surface area contributed by atoms with E-state index in [4.69, 9.17) is 14.6 Å². The molecule has 162 valence electrons. The van der Waals surface area contributed by atoms with E-state index in [1.54, 1.807) is 24.5 Å². The van der Waals surface area contributed by atoms with Crippen molar-refractivity contribution < 1.29 is 19.4 Å². The molecule has 30 heavy (non-hydrogen) atoms. The molecule has 2 aromatic rings. The fourth-order valence-electron chi connectivity index (χ4n) is 2.92. The number of aromatic nitrogens is 1. The van der Waals surface area contributed by atoms with Crippen LogP contribution in [0.4, 0.5) is 11.4 Å². The minimum absolute atomic E-state index is 0.278. The van der Waals surface area contributed by atoms with Gasteiger partial charge in [0, 0.05) is 24.9 Å². The molecule has 2 rings (SSSR count). The van der Waals surface area contributed by atoms with E-state index < -0.39 is 5.97 Å². The summed E-state index contributed by atoms with van der Waals surface area (Å²) in [4.78, 5) is 14.4. The van der Waals surface area contributed by atoms with E-state index in [0.717, 1.165) is 50.6 Å². The van der Waals surface area contributed by atoms with Gasteiger partial charge in [0.15, 0.2) is 11.5 Å². The van der Waals surface area contributed by atoms with Crippen LogP contribution in [-0.2, 0) is 4.79 Å². The molecule has 0 saturated heterocycles. The summed E-state index contributed by atoms with van der Waals surface area (Å²) in [6, 6.07) is 9.15. The van der Waals surface area contributed by atoms with Crippen molar-refractivity contribution in [2.75, 3.05) is 13.2 Å². The molecule has 1 aromatic heterocycles. The Morgan fingerprint density at radius 2 is 1.53 bits per heavy atom. The Morgan fingerprint density at radius 1 is 0.867 bits per heavy atom. The van der Waals surface area contributed by atoms with Crippen LogP contribution in [0.15, 0.2) is 53.0 Å². The number of hydrogen-bond donors (Lipinski definition) is 1. The number of hydrogen-bond acceptors (Lipinski definition) is 6. The van der Waals surface area contributed by atoms with Gasteiger partial charge in [-0.2, -0.15) is 10.2 Å². The van der Waals surface area contributed by atoms with Crippen LogP contribution in [0.2, 0.25) is 0 Å². The molecule has 0 aliphatic rings. The standard InChI is InChI=1S/C23H31N3O4/c1-2-29-22-18-20(26-25-19-13-15-24-16-14-19)11-12-21(22)30-17-9-7-5-3-4-6-8-10-23(27)28/h11-16,18H,2-10,17H2,1H3,(H,27,28). The maximum atomic E-state index is 10.5. The molecule has 0 radical (unpaired) electrons. The fraction of sp³-hybridized carbons (Fsp3) is 0.478. The van der Waals surface area contributed by atoms with Crippen LogP contribution in [-0.4, -0.2) is 29.3 Å². The van der Waals surface area contributed by atoms with E-state index >= 15 is 0 Å². The van der Waals surface area contributed by atoms with Gasteiger partial charge in [0.25, 0.3) is 0 Å². The van der Waals surface area contributed by atoms with Gasteiger partial charge in [0.1, 0.15) is 0 Å². The van der Waals surface area contributed by atoms with Crippen LogP contribution < -0.4 is 9.47 Å². The predicted molar refractivity (Wildman–Crippen MR) is 116 cm³/mol. The molecule has 0 amide bonds. The van der Waals surface area contributed by atoms with Crippen molar-refractivity contribution in [2.24, 2.45) is 10.2 Å². The first-order valence-corrected chi connectivity index (χ1v) is 10.6. The van der Waals surface area contributed by atoms with Crippen molar-refractivity contribution in [1.82, 2.24) is 4.98 Å². The summed E-state index contributed by atoms with van der Waals surface area (Å²) in [5.74, 6) is 0.680. The van der Waals surface area contributed by atoms with E-state index in [-0.39, 0.29) is 6.42 Å². The first kappa shape index (κ1) is 23.3. The number of carbonyl (C=O) groups is 1. The quantitative estimate of drug-likeness (QED) is 0.266. The smallest absolute Gasteiger partial charge is 0.303 e. The summed E-state index contributed by atoms with van der Waals surface area (Å²) in [6.07, 6.45) is 10.8. The third kappa shape index (κ3) is 9.49. The van der Waals surface area contributed by atoms with Crippen molar-refractivity contribution >= 4 is 17.3 Å². The van der Waals surface area contributed by atoms with Crippen molar-refractivity contribution in [3.8, 4) is 11.5 Å². The summed E-state index contributed by atoms with van der Waals surface area (Å²) in [6.45, 7) is 3.12. The van der Waals surface area contributed by atoms with Gasteiger partial charge < -0.3 is 14.6 Å². The molecular formula is C23H31N3O4. The average molecular weight is 414 g/mol. The lowest BCUT2D eigenvalue weighted by Crippen LogP contribution is -2.01. The highest BCUT2D eigenvalue weighted by Gasteiger charge is 2.07. The Bertz CT molecular complexity index is 781. The van der Waals surface area contributed by atoms with Crippen LogP contribution in [0.3, 0.4) is 0 Å². The number of carboxylic acid groups (broad SMARTS) is 1. The van der Waals surface area contributed by atoms with Gasteiger partial charge in [0.05, 0.1) is 24.6 Å². The molecule has 0 bridgehead atoms. The van der Waals surface area contributed by atoms with E-state index in [1.165, 1.54) is 0 Å². The second-order valence-corrected chi connectivity index (χ2v) is 6.94. The van der Waals surface area contributed by atoms with Gasteiger partial charge in [-0.25, -0.2) is 0 Å². The average Bonchev–Trinajstić information content (AvgIpc) is 2.75. The molecule has 0 unspecified atom stereocenters. The predicted octanol–water partition coefficient (Wildman–Crippen LogP) is 6.48. The van der Waals surface area contributed by atoms with E-state index in [9.17, 15) is 4.79 Å². The molecule has 1 N–H and O–H groups in total. The number of azo groups is 1. The van der Waals surface area contributed by atoms with Crippen LogP contribution >= 0.6 is 0 Å². The van der Waals surface area contributed by atoms with Gasteiger partial charge in [-0.3, -0.25) is 9.78 Å². The molecule has 7 heteroatoms. The zero-order valence-electron chi connectivity index (χ0n) is 17.6. The number of unbranched alkanes of at least 4 members (excludes halogenated alkanes) is 6. The SMILES string of the molecule is CCOc1cc(N=Nc2ccncc2)ccc1OCCCCCCCCCC(=O)O. The molecule has 1 heterocycles. The van der Waals surface area contributed by atoms with Gasteiger partial charge in [-0.1, -0.05) is 32.1 Å². The molecule has 0 aliphatic carbocycles. The number of nitrogens with zero attached hydrogens (tertiary/aromatic N) is 3. The van der Waals surface area contributed by atoms with Crippen LogP contribution in [0.5, 0.6) is 11.5 Å². The third-order valence-electron chi connectivity index (χ3n) is 4.46. The molecule has 0 spiro atoms. The minimum atomic E-state index is -0.705. The molecule has 1 aromatic carbocycles. The van der Waals surface area contributed by atoms with Crippen LogP contribution in [0.1, 0.15) is 58.3 Å². The highest BCUT2D eigenvalue weighted by Crippen LogP contribution is 2.32. The lowest BCUT2D eigenvalue weighted by Gasteiger charge is -2.12. The fourth-order valence-corrected chi connectivity index (χ4v) is 2.92. The number of pyridine rings is 1. The highest BCUT2D eigenvalue weighted by molar-refractivity contribution is 5.66. The van der Waals surface area contributed by atoms with Crippen LogP contribution in [0.25, 0.3) is 0 Å². The summed E-state index contributed by atoms with van der Waals surface area (Å²) in [5, 5.41) is 17.1. The minimum Gasteiger partial charge on any atom is -0.490 e. The summed E-state index contributed by atoms with van der Waals surface area (Å²) in [7, 11) is 0. The van der Waals surface area contributed by atoms with Crippen molar-refractivity contribution in [3.05, 3.63) is 42.7 Å². The largest absolute Gasteiger partial charge is 0.490 e. The topological polar surface area (TPSA) is 93.4 Å². The molecule has 0 aliphatic heterocycles. The van der Waals surface area contributed by atoms with E-state index in [1.807, 2.05) is 25.1 Å². The van der Waals surface area contributed by atoms with Gasteiger partial charge in [-0.15, -0.1) is 0 Å². The van der Waals surface area contributed by atoms with Gasteiger partial charge in [-0.05, 0) is 44.0 Å². The van der Waals surface area contributed by atoms with E-state index in [2.05, 4.69) is 15.2 Å². The Labute approximate surface area is 178 Å². The molecule has 0 saturated carbocycles. The number of aliphatic carboxylic acids is 1. The zero-order chi connectivity index (χ0) is 21.4. The highest BCUT2D eigenvalue weighted by atomic mass is 16.5. The zero-order valence-corrected chi connectivity index (χ0v) is 17.6. The Kier molecular flexibility index (Phi) is 11.0. The first-order valence-electron chi connectivity index (χ1n) is 10.6. The molecule has 0 atom stereocenters. The summed E-state index contributed by atoms with van der Waals surface area (Å²) < 4.78 is 11.6. The number of ether oxygens (including phenoxy) is 2. The summed E-state index contributed by atoms with van der Waals surface area (Å²) in [5.41, 5.74) is 1.44. The van der Waals surface area contributed by atoms with Crippen molar-refractivity contribution in [2.45, 2.75) is 58.3 Å². The van der Waals surface area contributed by atoms with E-state index in [0.29, 0.717) is 30.4 Å². The second kappa shape index (κ2) is 14.1. The molecule has 0 fully saturated rings. The third-order valence-corrected chi connectivity index (χ3v) is 4.46. The number of carboxylic acids is 1. The van der Waals surface area contributed by atoms with Crippen molar-refractivity contribution in [1.29, 1.82) is 0 Å². The first-order chi connectivity index (χ1) is 14.7. The number of benzene rings is 1. The number of rotatable bonds is 15. The van der Waals surface area contributed by atoms with Crippen LogP contribution in [0, 0.1) is 0 Å². The monoisotopic (exact) mass is 413 g/mol. The Balaban J connectivity index is 1.72. The molecular weight excluding hydrogens is 382 g/mol. The normalized spacial score (nSPS) is 11.0. The molecule has 7 nitrogen and oxygen atoms in total. The Morgan fingerprint density at radius 3 is 2.23 bits per heavy atom. The second-order valence-electron chi connectivity index (χ2n) is 6.94. The van der Waals surface area contributed by atoms with Crippen molar-refractivity contribution in [3.63, 3.8) is 0 Å². The lowest BCUT2D eigenvalue weighted by molar-refractivity contribution is -0.137. The summed E-state index contributed by atoms with van der Waals surface area (Å²) >= 11 is 0. The van der Waals surface area contributed by atoms with Gasteiger partial charge in [0.2, 0.25) is 0 Å².